The topological polar surface area (TPSA) is 50.3 Å². The maximum atomic E-state index is 14.6. The van der Waals surface area contributed by atoms with Crippen LogP contribution < -0.4 is 4.90 Å². The zero-order valence-electron chi connectivity index (χ0n) is 17.2. The van der Waals surface area contributed by atoms with Gasteiger partial charge in [-0.3, -0.25) is 9.59 Å². The van der Waals surface area contributed by atoms with Crippen LogP contribution in [-0.2, 0) is 11.2 Å². The van der Waals surface area contributed by atoms with Crippen LogP contribution in [0, 0.1) is 5.82 Å². The molecule has 0 aliphatic rings. The van der Waals surface area contributed by atoms with Crippen LogP contribution in [0.25, 0.3) is 11.1 Å². The number of amides is 1. The van der Waals surface area contributed by atoms with Crippen molar-refractivity contribution < 1.29 is 14.0 Å². The van der Waals surface area contributed by atoms with Crippen LogP contribution in [0.2, 0.25) is 10.2 Å². The van der Waals surface area contributed by atoms with Crippen molar-refractivity contribution in [3.63, 3.8) is 0 Å². The van der Waals surface area contributed by atoms with E-state index in [1.54, 1.807) is 49.5 Å². The number of carbonyl (C=O) groups excluding carboxylic acids is 2. The van der Waals surface area contributed by atoms with Crippen molar-refractivity contribution in [2.75, 3.05) is 11.9 Å². The molecule has 0 aliphatic carbocycles. The Hall–Kier alpha value is -2.76. The van der Waals surface area contributed by atoms with Gasteiger partial charge >= 0.3 is 0 Å². The fourth-order valence-electron chi connectivity index (χ4n) is 3.20. The van der Waals surface area contributed by atoms with E-state index in [-0.39, 0.29) is 23.8 Å². The summed E-state index contributed by atoms with van der Waals surface area (Å²) in [5.74, 6) is -0.749. The van der Waals surface area contributed by atoms with Gasteiger partial charge in [0, 0.05) is 42.2 Å². The highest BCUT2D eigenvalue weighted by molar-refractivity contribution is 6.33. The molecule has 3 rings (SSSR count). The number of ketones is 1. The molecule has 0 fully saturated rings. The Morgan fingerprint density at radius 1 is 1.06 bits per heavy atom. The Morgan fingerprint density at radius 2 is 1.84 bits per heavy atom. The van der Waals surface area contributed by atoms with Crippen molar-refractivity contribution in [3.05, 3.63) is 81.8 Å². The number of hydrogen-bond acceptors (Lipinski definition) is 3. The van der Waals surface area contributed by atoms with Gasteiger partial charge in [0.25, 0.3) is 0 Å². The minimum absolute atomic E-state index is 0.0513. The molecule has 0 aliphatic heterocycles. The summed E-state index contributed by atoms with van der Waals surface area (Å²) >= 11 is 12.2. The number of rotatable bonds is 7. The number of anilines is 1. The smallest absolute Gasteiger partial charge is 0.226 e. The number of Topliss-reactive ketones (excluding diaryl/α,β-unsaturated/α-hetero) is 1. The van der Waals surface area contributed by atoms with Gasteiger partial charge in [0.2, 0.25) is 5.91 Å². The number of nitrogens with zero attached hydrogens (tertiary/aromatic N) is 2. The van der Waals surface area contributed by atoms with Crippen LogP contribution in [-0.4, -0.2) is 23.7 Å². The second kappa shape index (κ2) is 10.0. The molecule has 1 amide bonds. The Bertz CT molecular complexity index is 1120. The standard InChI is InChI=1S/C24H21Cl2FN2O2/c1-3-24(31)29(2)21-9-7-16(13-20(21)27)18-8-6-17(12-19(18)25)22(30)10-4-15-5-11-23(26)28-14-15/h5-9,11-14H,3-4,10H2,1-2H3. The molecule has 160 valence electrons. The van der Waals surface area contributed by atoms with Gasteiger partial charge in [0.1, 0.15) is 11.0 Å². The first-order valence-corrected chi connectivity index (χ1v) is 10.6. The maximum Gasteiger partial charge on any atom is 0.226 e. The summed E-state index contributed by atoms with van der Waals surface area (Å²) in [6.07, 6.45) is 2.78. The van der Waals surface area contributed by atoms with E-state index in [1.165, 1.54) is 18.0 Å². The van der Waals surface area contributed by atoms with Crippen molar-refractivity contribution in [3.8, 4) is 11.1 Å². The average molecular weight is 459 g/mol. The lowest BCUT2D eigenvalue weighted by atomic mass is 9.99. The monoisotopic (exact) mass is 458 g/mol. The van der Waals surface area contributed by atoms with Crippen molar-refractivity contribution in [2.24, 2.45) is 0 Å². The van der Waals surface area contributed by atoms with Gasteiger partial charge in [-0.2, -0.15) is 0 Å². The zero-order chi connectivity index (χ0) is 22.5. The molecule has 4 nitrogen and oxygen atoms in total. The third kappa shape index (κ3) is 5.49. The number of halogens is 3. The molecule has 7 heteroatoms. The molecule has 0 saturated heterocycles. The van der Waals surface area contributed by atoms with Gasteiger partial charge in [0.05, 0.1) is 5.69 Å². The van der Waals surface area contributed by atoms with E-state index in [2.05, 4.69) is 4.98 Å². The number of benzene rings is 2. The van der Waals surface area contributed by atoms with Crippen molar-refractivity contribution in [1.82, 2.24) is 4.98 Å². The van der Waals surface area contributed by atoms with Gasteiger partial charge in [-0.1, -0.05) is 54.4 Å². The largest absolute Gasteiger partial charge is 0.313 e. The SMILES string of the molecule is CCC(=O)N(C)c1ccc(-c2ccc(C(=O)CCc3ccc(Cl)nc3)cc2Cl)cc1F. The van der Waals surface area contributed by atoms with Crippen molar-refractivity contribution >= 4 is 40.6 Å². The predicted octanol–water partition coefficient (Wildman–Crippen LogP) is 6.38. The number of aryl methyl sites for hydroxylation is 1. The van der Waals surface area contributed by atoms with Gasteiger partial charge in [-0.15, -0.1) is 0 Å². The van der Waals surface area contributed by atoms with E-state index in [1.807, 2.05) is 6.07 Å². The minimum atomic E-state index is -0.519. The molecule has 0 bridgehead atoms. The lowest BCUT2D eigenvalue weighted by Crippen LogP contribution is -2.25. The minimum Gasteiger partial charge on any atom is -0.313 e. The second-order valence-corrected chi connectivity index (χ2v) is 7.87. The molecule has 1 heterocycles. The summed E-state index contributed by atoms with van der Waals surface area (Å²) in [6, 6.07) is 13.1. The van der Waals surface area contributed by atoms with Crippen LogP contribution in [0.15, 0.2) is 54.7 Å². The maximum absolute atomic E-state index is 14.6. The Kier molecular flexibility index (Phi) is 7.42. The molecule has 0 spiro atoms. The molecule has 0 unspecified atom stereocenters. The Balaban J connectivity index is 1.75. The lowest BCUT2D eigenvalue weighted by molar-refractivity contribution is -0.118. The van der Waals surface area contributed by atoms with Crippen LogP contribution in [0.4, 0.5) is 10.1 Å². The number of hydrogen-bond donors (Lipinski definition) is 0. The van der Waals surface area contributed by atoms with Gasteiger partial charge < -0.3 is 4.90 Å². The van der Waals surface area contributed by atoms with E-state index in [0.717, 1.165) is 5.56 Å². The zero-order valence-corrected chi connectivity index (χ0v) is 18.7. The van der Waals surface area contributed by atoms with E-state index >= 15 is 0 Å². The highest BCUT2D eigenvalue weighted by Crippen LogP contribution is 2.32. The molecule has 3 aromatic rings. The summed E-state index contributed by atoms with van der Waals surface area (Å²) < 4.78 is 14.6. The van der Waals surface area contributed by atoms with Crippen LogP contribution in [0.1, 0.15) is 35.7 Å². The summed E-state index contributed by atoms with van der Waals surface area (Å²) in [6.45, 7) is 1.72. The Morgan fingerprint density at radius 3 is 2.45 bits per heavy atom. The van der Waals surface area contributed by atoms with Gasteiger partial charge in [0.15, 0.2) is 5.78 Å². The van der Waals surface area contributed by atoms with E-state index < -0.39 is 5.82 Å². The molecule has 0 radical (unpaired) electrons. The van der Waals surface area contributed by atoms with Gasteiger partial charge in [-0.05, 0) is 41.8 Å². The van der Waals surface area contributed by atoms with Crippen LogP contribution >= 0.6 is 23.2 Å². The predicted molar refractivity (Wildman–Crippen MR) is 122 cm³/mol. The fraction of sp³-hybridized carbons (Fsp3) is 0.208. The fourth-order valence-corrected chi connectivity index (χ4v) is 3.60. The Labute approximate surface area is 190 Å². The molecule has 0 atom stereocenters. The van der Waals surface area contributed by atoms with E-state index in [9.17, 15) is 14.0 Å². The van der Waals surface area contributed by atoms with E-state index in [4.69, 9.17) is 23.2 Å². The molecule has 0 saturated carbocycles. The molecule has 1 aromatic heterocycles. The summed E-state index contributed by atoms with van der Waals surface area (Å²) in [7, 11) is 1.54. The first-order chi connectivity index (χ1) is 14.8. The normalized spacial score (nSPS) is 10.7. The third-order valence-electron chi connectivity index (χ3n) is 5.02. The highest BCUT2D eigenvalue weighted by Gasteiger charge is 2.16. The molecular formula is C24H21Cl2FN2O2. The van der Waals surface area contributed by atoms with E-state index in [0.29, 0.717) is 39.7 Å². The summed E-state index contributed by atoms with van der Waals surface area (Å²) in [4.78, 5) is 29.7. The number of carbonyl (C=O) groups is 2. The van der Waals surface area contributed by atoms with Crippen LogP contribution in [0.3, 0.4) is 0 Å². The summed E-state index contributed by atoms with van der Waals surface area (Å²) in [5.41, 5.74) is 2.78. The molecule has 2 aromatic carbocycles. The molecule has 0 N–H and O–H groups in total. The second-order valence-electron chi connectivity index (χ2n) is 7.08. The van der Waals surface area contributed by atoms with Crippen molar-refractivity contribution in [1.29, 1.82) is 0 Å². The number of aromatic nitrogens is 1. The van der Waals surface area contributed by atoms with Crippen molar-refractivity contribution in [2.45, 2.75) is 26.2 Å². The number of pyridine rings is 1. The quantitative estimate of drug-likeness (QED) is 0.304. The molecule has 31 heavy (non-hydrogen) atoms. The average Bonchev–Trinajstić information content (AvgIpc) is 2.77. The molecular weight excluding hydrogens is 438 g/mol. The first kappa shape index (κ1) is 22.9. The van der Waals surface area contributed by atoms with Crippen LogP contribution in [0.5, 0.6) is 0 Å². The highest BCUT2D eigenvalue weighted by atomic mass is 35.5. The lowest BCUT2D eigenvalue weighted by Gasteiger charge is -2.18. The third-order valence-corrected chi connectivity index (χ3v) is 5.55. The van der Waals surface area contributed by atoms with Gasteiger partial charge in [-0.25, -0.2) is 9.37 Å². The first-order valence-electron chi connectivity index (χ1n) is 9.79. The summed E-state index contributed by atoms with van der Waals surface area (Å²) in [5, 5.41) is 0.759.